The molecule has 0 radical (unpaired) electrons. The topological polar surface area (TPSA) is 98.7 Å². The number of aliphatic carboxylic acids is 2. The first kappa shape index (κ1) is 21.5. The van der Waals surface area contributed by atoms with Gasteiger partial charge in [0, 0.05) is 24.7 Å². The van der Waals surface area contributed by atoms with E-state index in [0.717, 1.165) is 12.0 Å². The number of carbonyl (C=O) groups is 2. The minimum absolute atomic E-state index is 0.534. The molecule has 0 aromatic carbocycles. The zero-order valence-electron chi connectivity index (χ0n) is 12.9. The molecule has 0 aromatic rings. The Bertz CT molecular complexity index is 458. The number of hydrogen-bond donors (Lipinski definition) is 4. The fourth-order valence-electron chi connectivity index (χ4n) is 2.68. The van der Waals surface area contributed by atoms with E-state index >= 15 is 0 Å². The van der Waals surface area contributed by atoms with Crippen molar-refractivity contribution in [3.8, 4) is 0 Å². The van der Waals surface area contributed by atoms with E-state index in [2.05, 4.69) is 10.6 Å². The largest absolute Gasteiger partial charge is 0.490 e. The lowest BCUT2D eigenvalue weighted by atomic mass is 9.93. The second-order valence-electron chi connectivity index (χ2n) is 6.20. The van der Waals surface area contributed by atoms with Gasteiger partial charge in [0.2, 0.25) is 0 Å². The Kier molecular flexibility index (Phi) is 6.68. The molecule has 0 aromatic heterocycles. The molecule has 2 saturated heterocycles. The van der Waals surface area contributed by atoms with E-state index < -0.39 is 24.3 Å². The molecule has 12 heteroatoms. The van der Waals surface area contributed by atoms with Crippen LogP contribution in [0.15, 0.2) is 0 Å². The van der Waals surface area contributed by atoms with E-state index in [4.69, 9.17) is 19.8 Å². The van der Waals surface area contributed by atoms with Gasteiger partial charge in [0.15, 0.2) is 0 Å². The fourth-order valence-corrected chi connectivity index (χ4v) is 2.68. The average molecular weight is 380 g/mol. The zero-order valence-corrected chi connectivity index (χ0v) is 12.9. The maximum Gasteiger partial charge on any atom is 0.490 e. The average Bonchev–Trinajstić information content (AvgIpc) is 3.04. The smallest absolute Gasteiger partial charge is 0.475 e. The van der Waals surface area contributed by atoms with Crippen molar-refractivity contribution in [3.05, 3.63) is 0 Å². The highest BCUT2D eigenvalue weighted by Crippen LogP contribution is 2.41. The van der Waals surface area contributed by atoms with E-state index in [1.807, 2.05) is 0 Å². The number of halogens is 6. The second kappa shape index (κ2) is 7.77. The van der Waals surface area contributed by atoms with Crippen molar-refractivity contribution in [1.82, 2.24) is 10.6 Å². The highest BCUT2D eigenvalue weighted by atomic mass is 19.4. The van der Waals surface area contributed by atoms with Crippen LogP contribution in [0.3, 0.4) is 0 Å². The summed E-state index contributed by atoms with van der Waals surface area (Å²) in [4.78, 5) is 17.8. The molecule has 2 heterocycles. The van der Waals surface area contributed by atoms with Crippen LogP contribution >= 0.6 is 0 Å². The first-order valence-electron chi connectivity index (χ1n) is 7.34. The van der Waals surface area contributed by atoms with Crippen molar-refractivity contribution in [2.24, 2.45) is 5.92 Å². The molecule has 146 valence electrons. The fraction of sp³-hybridized carbons (Fsp3) is 0.846. The highest BCUT2D eigenvalue weighted by Gasteiger charge is 2.46. The predicted molar refractivity (Wildman–Crippen MR) is 71.9 cm³/mol. The Morgan fingerprint density at radius 2 is 1.44 bits per heavy atom. The van der Waals surface area contributed by atoms with Crippen molar-refractivity contribution < 1.29 is 46.1 Å². The number of hydrogen-bond acceptors (Lipinski definition) is 4. The zero-order chi connectivity index (χ0) is 19.5. The number of fused-ring (bicyclic) bond motifs is 2. The van der Waals surface area contributed by atoms with Gasteiger partial charge in [0.05, 0.1) is 0 Å². The molecule has 3 aliphatic rings. The van der Waals surface area contributed by atoms with Gasteiger partial charge in [-0.3, -0.25) is 0 Å². The molecule has 0 amide bonds. The lowest BCUT2D eigenvalue weighted by Gasteiger charge is -2.27. The molecular weight excluding hydrogens is 362 g/mol. The third kappa shape index (κ3) is 7.46. The van der Waals surface area contributed by atoms with E-state index in [0.29, 0.717) is 5.54 Å². The van der Waals surface area contributed by atoms with Gasteiger partial charge in [-0.2, -0.15) is 26.3 Å². The van der Waals surface area contributed by atoms with Crippen molar-refractivity contribution in [2.75, 3.05) is 13.1 Å². The number of alkyl halides is 6. The number of nitrogens with one attached hydrogen (secondary N) is 2. The van der Waals surface area contributed by atoms with Crippen LogP contribution in [-0.4, -0.2) is 59.2 Å². The van der Waals surface area contributed by atoms with Crippen molar-refractivity contribution >= 4 is 11.9 Å². The summed E-state index contributed by atoms with van der Waals surface area (Å²) in [5.41, 5.74) is 0.534. The minimum atomic E-state index is -5.08. The Hall–Kier alpha value is -1.56. The summed E-state index contributed by atoms with van der Waals surface area (Å²) >= 11 is 0. The first-order chi connectivity index (χ1) is 11.3. The molecule has 1 saturated carbocycles. The molecule has 2 atom stereocenters. The molecule has 6 nitrogen and oxygen atoms in total. The van der Waals surface area contributed by atoms with Gasteiger partial charge < -0.3 is 20.8 Å². The molecule has 25 heavy (non-hydrogen) atoms. The maximum atomic E-state index is 10.6. The second-order valence-corrected chi connectivity index (χ2v) is 6.20. The third-order valence-corrected chi connectivity index (χ3v) is 3.95. The molecule has 4 N–H and O–H groups in total. The molecule has 3 rings (SSSR count). The molecule has 2 bridgehead atoms. The summed E-state index contributed by atoms with van der Waals surface area (Å²) in [7, 11) is 0. The number of piperazine rings is 1. The van der Waals surface area contributed by atoms with Crippen LogP contribution in [0.1, 0.15) is 25.7 Å². The van der Waals surface area contributed by atoms with Crippen LogP contribution in [0.5, 0.6) is 0 Å². The Morgan fingerprint density at radius 1 is 1.00 bits per heavy atom. The monoisotopic (exact) mass is 380 g/mol. The summed E-state index contributed by atoms with van der Waals surface area (Å²) in [6.07, 6.45) is -4.35. The van der Waals surface area contributed by atoms with Gasteiger partial charge in [-0.25, -0.2) is 9.59 Å². The van der Waals surface area contributed by atoms with E-state index in [9.17, 15) is 26.3 Å². The van der Waals surface area contributed by atoms with Crippen LogP contribution in [0.2, 0.25) is 0 Å². The third-order valence-electron chi connectivity index (χ3n) is 3.95. The summed E-state index contributed by atoms with van der Waals surface area (Å²) < 4.78 is 63.5. The predicted octanol–water partition coefficient (Wildman–Crippen LogP) is 1.76. The first-order valence-corrected chi connectivity index (χ1v) is 7.34. The Morgan fingerprint density at radius 3 is 1.64 bits per heavy atom. The lowest BCUT2D eigenvalue weighted by Crippen LogP contribution is -2.49. The molecular formula is C13H18F6N2O4. The summed E-state index contributed by atoms with van der Waals surface area (Å²) in [5.74, 6) is -4.44. The number of carboxylic acid groups (broad SMARTS) is 2. The summed E-state index contributed by atoms with van der Waals surface area (Å²) in [6, 6.07) is 0.800. The molecule has 2 aliphatic heterocycles. The van der Waals surface area contributed by atoms with Gasteiger partial charge in [-0.15, -0.1) is 0 Å². The molecule has 3 fully saturated rings. The van der Waals surface area contributed by atoms with E-state index in [1.54, 1.807) is 0 Å². The summed E-state index contributed by atoms with van der Waals surface area (Å²) in [6.45, 7) is 2.45. The lowest BCUT2D eigenvalue weighted by molar-refractivity contribution is -0.193. The van der Waals surface area contributed by atoms with Crippen molar-refractivity contribution in [2.45, 2.75) is 49.6 Å². The standard InChI is InChI=1S/C9H16N2.2C2HF3O2/c1-2-7(1)3-9-4-8(5-11-9)10-6-9;2*3-2(4,5)1(6)7/h7-8,10-11H,1-6H2;2*(H,6,7). The van der Waals surface area contributed by atoms with Crippen LogP contribution in [0.4, 0.5) is 26.3 Å². The Balaban J connectivity index is 0.000000199. The Labute approximate surface area is 138 Å². The van der Waals surface area contributed by atoms with Gasteiger partial charge in [0.25, 0.3) is 0 Å². The quantitative estimate of drug-likeness (QED) is 0.545. The molecule has 2 unspecified atom stereocenters. The summed E-state index contributed by atoms with van der Waals surface area (Å²) in [5, 5.41) is 21.5. The van der Waals surface area contributed by atoms with Gasteiger partial charge >= 0.3 is 24.3 Å². The minimum Gasteiger partial charge on any atom is -0.475 e. The SMILES string of the molecule is C1CC1CC12CNC(CN1)C2.O=C(O)C(F)(F)F.O=C(O)C(F)(F)F. The van der Waals surface area contributed by atoms with E-state index in [-0.39, 0.29) is 0 Å². The maximum absolute atomic E-state index is 10.6. The van der Waals surface area contributed by atoms with E-state index in [1.165, 1.54) is 38.8 Å². The van der Waals surface area contributed by atoms with Crippen molar-refractivity contribution in [1.29, 1.82) is 0 Å². The van der Waals surface area contributed by atoms with Gasteiger partial charge in [0.1, 0.15) is 0 Å². The molecule has 0 spiro atoms. The van der Waals surface area contributed by atoms with Crippen molar-refractivity contribution in [3.63, 3.8) is 0 Å². The highest BCUT2D eigenvalue weighted by molar-refractivity contribution is 5.73. The van der Waals surface area contributed by atoms with Crippen LogP contribution in [0, 0.1) is 5.92 Å². The van der Waals surface area contributed by atoms with Crippen LogP contribution < -0.4 is 10.6 Å². The molecule has 1 aliphatic carbocycles. The van der Waals surface area contributed by atoms with Crippen LogP contribution in [0.25, 0.3) is 0 Å². The number of rotatable bonds is 2. The van der Waals surface area contributed by atoms with Gasteiger partial charge in [-0.1, -0.05) is 12.8 Å². The normalized spacial score (nSPS) is 27.7. The van der Waals surface area contributed by atoms with Crippen LogP contribution in [-0.2, 0) is 9.59 Å². The van der Waals surface area contributed by atoms with Gasteiger partial charge in [-0.05, 0) is 18.8 Å². The number of carboxylic acids is 2.